The number of anilines is 1. The molecule has 12 heteroatoms. The third kappa shape index (κ3) is 4.54. The van der Waals surface area contributed by atoms with Crippen molar-refractivity contribution in [1.29, 1.82) is 0 Å². The van der Waals surface area contributed by atoms with Crippen LogP contribution >= 0.6 is 0 Å². The average Bonchev–Trinajstić information content (AvgIpc) is 3.16. The Labute approximate surface area is 181 Å². The van der Waals surface area contributed by atoms with Gasteiger partial charge in [-0.3, -0.25) is 9.63 Å². The van der Waals surface area contributed by atoms with Crippen molar-refractivity contribution < 1.29 is 22.8 Å². The summed E-state index contributed by atoms with van der Waals surface area (Å²) in [6, 6.07) is 6.80. The summed E-state index contributed by atoms with van der Waals surface area (Å²) < 4.78 is 39.3. The van der Waals surface area contributed by atoms with E-state index in [1.165, 1.54) is 35.2 Å². The largest absolute Gasteiger partial charge is 0.451 e. The third-order valence-corrected chi connectivity index (χ3v) is 4.83. The van der Waals surface area contributed by atoms with Crippen LogP contribution in [0.1, 0.15) is 27.4 Å². The number of halogens is 3. The number of aromatic nitrogens is 5. The van der Waals surface area contributed by atoms with Crippen LogP contribution in [0, 0.1) is 13.8 Å². The van der Waals surface area contributed by atoms with Gasteiger partial charge in [-0.2, -0.15) is 28.2 Å². The van der Waals surface area contributed by atoms with E-state index in [2.05, 4.69) is 20.2 Å². The number of carbonyl (C=O) groups is 1. The first-order valence-electron chi connectivity index (χ1n) is 9.82. The van der Waals surface area contributed by atoms with E-state index >= 15 is 0 Å². The fraction of sp³-hybridized carbons (Fsp3) is 0.350. The van der Waals surface area contributed by atoms with Crippen molar-refractivity contribution in [3.8, 4) is 5.69 Å². The number of carbonyl (C=O) groups excluding carboxylic acids is 1. The fourth-order valence-corrected chi connectivity index (χ4v) is 3.35. The van der Waals surface area contributed by atoms with E-state index in [9.17, 15) is 18.0 Å². The molecule has 0 saturated carbocycles. The molecule has 32 heavy (non-hydrogen) atoms. The molecule has 0 aliphatic carbocycles. The standard InChI is InChI=1S/C20H20F3N7O2/c1-13-3-4-16(30-24-5-6-25-30)15(11-13)18(31)28-7-8-29(32-10-9-28)17-12-14(2)26-19(27-17)20(21,22)23/h3-6,11-12H,7-10H2,1-2H3. The fourth-order valence-electron chi connectivity index (χ4n) is 3.35. The maximum Gasteiger partial charge on any atom is 0.451 e. The Kier molecular flexibility index (Phi) is 5.78. The van der Waals surface area contributed by atoms with E-state index in [1.54, 1.807) is 17.0 Å². The van der Waals surface area contributed by atoms with Gasteiger partial charge < -0.3 is 4.90 Å². The lowest BCUT2D eigenvalue weighted by Gasteiger charge is -2.22. The molecule has 1 aliphatic rings. The molecular formula is C20H20F3N7O2. The highest BCUT2D eigenvalue weighted by Crippen LogP contribution is 2.28. The Morgan fingerprint density at radius 2 is 1.78 bits per heavy atom. The number of nitrogens with zero attached hydrogens (tertiary/aromatic N) is 7. The lowest BCUT2D eigenvalue weighted by molar-refractivity contribution is -0.145. The van der Waals surface area contributed by atoms with Crippen molar-refractivity contribution in [2.24, 2.45) is 0 Å². The van der Waals surface area contributed by atoms with Crippen molar-refractivity contribution >= 4 is 11.7 Å². The summed E-state index contributed by atoms with van der Waals surface area (Å²) in [4.78, 5) is 28.9. The summed E-state index contributed by atoms with van der Waals surface area (Å²) in [6.07, 6.45) is -1.63. The van der Waals surface area contributed by atoms with E-state index in [1.807, 2.05) is 13.0 Å². The van der Waals surface area contributed by atoms with Crippen LogP contribution in [-0.4, -0.2) is 62.0 Å². The van der Waals surface area contributed by atoms with Crippen LogP contribution in [-0.2, 0) is 11.0 Å². The van der Waals surface area contributed by atoms with Crippen molar-refractivity contribution in [2.45, 2.75) is 20.0 Å². The summed E-state index contributed by atoms with van der Waals surface area (Å²) >= 11 is 0. The average molecular weight is 447 g/mol. The summed E-state index contributed by atoms with van der Waals surface area (Å²) in [7, 11) is 0. The minimum Gasteiger partial charge on any atom is -0.334 e. The first kappa shape index (κ1) is 21.7. The predicted molar refractivity (Wildman–Crippen MR) is 107 cm³/mol. The number of aryl methyl sites for hydroxylation is 2. The van der Waals surface area contributed by atoms with Gasteiger partial charge in [0.2, 0.25) is 5.82 Å². The molecule has 9 nitrogen and oxygen atoms in total. The van der Waals surface area contributed by atoms with Crippen molar-refractivity contribution in [3.63, 3.8) is 0 Å². The molecule has 0 unspecified atom stereocenters. The highest BCUT2D eigenvalue weighted by atomic mass is 19.4. The SMILES string of the molecule is Cc1ccc(-n2nccn2)c(C(=O)N2CCON(c3cc(C)nc(C(F)(F)F)n3)CC2)c1. The summed E-state index contributed by atoms with van der Waals surface area (Å²) in [5.74, 6) is -1.48. The quantitative estimate of drug-likeness (QED) is 0.610. The van der Waals surface area contributed by atoms with Crippen LogP contribution in [0.4, 0.5) is 19.0 Å². The topological polar surface area (TPSA) is 89.3 Å². The van der Waals surface area contributed by atoms with Crippen LogP contribution in [0.25, 0.3) is 5.69 Å². The molecule has 168 valence electrons. The Morgan fingerprint density at radius 3 is 2.50 bits per heavy atom. The minimum absolute atomic E-state index is 0.00360. The first-order valence-corrected chi connectivity index (χ1v) is 9.82. The van der Waals surface area contributed by atoms with Crippen LogP contribution in [0.3, 0.4) is 0 Å². The first-order chi connectivity index (χ1) is 15.2. The van der Waals surface area contributed by atoms with Gasteiger partial charge in [0.15, 0.2) is 5.82 Å². The third-order valence-electron chi connectivity index (χ3n) is 4.83. The molecule has 2 aromatic heterocycles. The molecule has 1 fully saturated rings. The van der Waals surface area contributed by atoms with Crippen molar-refractivity contribution in [1.82, 2.24) is 29.9 Å². The Balaban J connectivity index is 1.56. The summed E-state index contributed by atoms with van der Waals surface area (Å²) in [6.45, 7) is 4.04. The molecule has 0 N–H and O–H groups in total. The Hall–Kier alpha value is -3.54. The van der Waals surface area contributed by atoms with Crippen molar-refractivity contribution in [3.05, 3.63) is 59.3 Å². The highest BCUT2D eigenvalue weighted by molar-refractivity contribution is 5.98. The van der Waals surface area contributed by atoms with E-state index in [0.717, 1.165) is 5.56 Å². The number of hydrogen-bond donors (Lipinski definition) is 0. The van der Waals surface area contributed by atoms with Crippen LogP contribution in [0.15, 0.2) is 36.7 Å². The molecule has 3 heterocycles. The second kappa shape index (κ2) is 8.54. The number of rotatable bonds is 3. The van der Waals surface area contributed by atoms with Crippen LogP contribution in [0.2, 0.25) is 0 Å². The lowest BCUT2D eigenvalue weighted by Crippen LogP contribution is -2.36. The van der Waals surface area contributed by atoms with E-state index < -0.39 is 12.0 Å². The van der Waals surface area contributed by atoms with Gasteiger partial charge in [-0.25, -0.2) is 15.0 Å². The molecule has 3 aromatic rings. The van der Waals surface area contributed by atoms with Gasteiger partial charge in [0.25, 0.3) is 5.91 Å². The van der Waals surface area contributed by atoms with Gasteiger partial charge in [0, 0.05) is 24.8 Å². The van der Waals surface area contributed by atoms with Gasteiger partial charge in [-0.05, 0) is 26.0 Å². The molecule has 0 bridgehead atoms. The zero-order valence-corrected chi connectivity index (χ0v) is 17.4. The van der Waals surface area contributed by atoms with E-state index in [4.69, 9.17) is 4.84 Å². The van der Waals surface area contributed by atoms with Gasteiger partial charge in [0.1, 0.15) is 0 Å². The molecule has 1 amide bonds. The second-order valence-electron chi connectivity index (χ2n) is 7.26. The Bertz CT molecular complexity index is 1120. The molecule has 0 spiro atoms. The smallest absolute Gasteiger partial charge is 0.334 e. The number of hydrogen-bond acceptors (Lipinski definition) is 7. The molecule has 4 rings (SSSR count). The monoisotopic (exact) mass is 447 g/mol. The van der Waals surface area contributed by atoms with Crippen molar-refractivity contribution in [2.75, 3.05) is 31.3 Å². The maximum absolute atomic E-state index is 13.3. The lowest BCUT2D eigenvalue weighted by atomic mass is 10.1. The zero-order chi connectivity index (χ0) is 22.9. The minimum atomic E-state index is -4.67. The predicted octanol–water partition coefficient (Wildman–Crippen LogP) is 2.59. The van der Waals surface area contributed by atoms with Gasteiger partial charge in [-0.1, -0.05) is 11.6 Å². The van der Waals surface area contributed by atoms with Gasteiger partial charge >= 0.3 is 6.18 Å². The van der Waals surface area contributed by atoms with Gasteiger partial charge in [0.05, 0.1) is 36.8 Å². The molecule has 1 aromatic carbocycles. The van der Waals surface area contributed by atoms with E-state index in [-0.39, 0.29) is 43.7 Å². The van der Waals surface area contributed by atoms with Gasteiger partial charge in [-0.15, -0.1) is 0 Å². The molecule has 0 radical (unpaired) electrons. The number of benzene rings is 1. The molecular weight excluding hydrogens is 427 g/mol. The number of hydroxylamine groups is 1. The second-order valence-corrected chi connectivity index (χ2v) is 7.26. The molecule has 1 aliphatic heterocycles. The number of amides is 1. The van der Waals surface area contributed by atoms with Crippen LogP contribution in [0.5, 0.6) is 0 Å². The summed E-state index contributed by atoms with van der Waals surface area (Å²) in [5, 5.41) is 9.48. The number of alkyl halides is 3. The maximum atomic E-state index is 13.3. The summed E-state index contributed by atoms with van der Waals surface area (Å²) in [5.41, 5.74) is 2.02. The molecule has 1 saturated heterocycles. The van der Waals surface area contributed by atoms with E-state index in [0.29, 0.717) is 11.3 Å². The highest BCUT2D eigenvalue weighted by Gasteiger charge is 2.36. The zero-order valence-electron chi connectivity index (χ0n) is 17.4. The van der Waals surface area contributed by atoms with Crippen LogP contribution < -0.4 is 5.06 Å². The molecule has 0 atom stereocenters. The normalized spacial score (nSPS) is 15.0. The Morgan fingerprint density at radius 1 is 1.03 bits per heavy atom.